The van der Waals surface area contributed by atoms with E-state index >= 15 is 0 Å². The number of aryl methyl sites for hydroxylation is 1. The van der Waals surface area contributed by atoms with Crippen molar-refractivity contribution >= 4 is 21.3 Å². The van der Waals surface area contributed by atoms with Gasteiger partial charge in [-0.25, -0.2) is 18.4 Å². The van der Waals surface area contributed by atoms with E-state index in [-0.39, 0.29) is 10.7 Å². The molecule has 0 aliphatic heterocycles. The summed E-state index contributed by atoms with van der Waals surface area (Å²) in [6, 6.07) is 8.83. The van der Waals surface area contributed by atoms with Gasteiger partial charge in [0.2, 0.25) is 0 Å². The fourth-order valence-corrected chi connectivity index (χ4v) is 4.55. The zero-order valence-corrected chi connectivity index (χ0v) is 18.9. The lowest BCUT2D eigenvalue weighted by Gasteiger charge is -2.19. The minimum Gasteiger partial charge on any atom is -0.295 e. The van der Waals surface area contributed by atoms with Crippen LogP contribution in [-0.4, -0.2) is 37.9 Å². The lowest BCUT2D eigenvalue weighted by Crippen LogP contribution is -2.28. The number of Topliss-reactive ketones (excluding diaryl/α,β-unsaturated/α-hetero) is 1. The average molecular weight is 437 g/mol. The average Bonchev–Trinajstić information content (AvgIpc) is 3.33. The van der Waals surface area contributed by atoms with E-state index in [1.165, 1.54) is 6.92 Å². The van der Waals surface area contributed by atoms with Gasteiger partial charge in [0.15, 0.2) is 15.6 Å². The number of sulfone groups is 1. The molecule has 0 radical (unpaired) electrons. The van der Waals surface area contributed by atoms with E-state index < -0.39 is 14.6 Å². The van der Waals surface area contributed by atoms with Crippen molar-refractivity contribution in [1.29, 1.82) is 0 Å². The summed E-state index contributed by atoms with van der Waals surface area (Å²) in [5.41, 5.74) is 3.85. The first-order chi connectivity index (χ1) is 14.5. The summed E-state index contributed by atoms with van der Waals surface area (Å²) in [6.07, 6.45) is 6.77. The van der Waals surface area contributed by atoms with Crippen LogP contribution in [0, 0.1) is 6.92 Å². The molecule has 0 N–H and O–H groups in total. The highest BCUT2D eigenvalue weighted by molar-refractivity contribution is 7.92. The minimum atomic E-state index is -3.51. The summed E-state index contributed by atoms with van der Waals surface area (Å²) in [5.74, 6) is 0.662. The van der Waals surface area contributed by atoms with E-state index in [0.29, 0.717) is 22.7 Å². The number of rotatable bonds is 4. The predicted molar refractivity (Wildman–Crippen MR) is 119 cm³/mol. The smallest absolute Gasteiger partial charge is 0.184 e. The first kappa shape index (κ1) is 21.0. The summed E-state index contributed by atoms with van der Waals surface area (Å²) in [5, 5.41) is 0. The molecule has 0 atom stereocenters. The van der Waals surface area contributed by atoms with Crippen LogP contribution in [0.15, 0.2) is 60.1 Å². The molecule has 3 aromatic heterocycles. The van der Waals surface area contributed by atoms with E-state index in [2.05, 4.69) is 9.97 Å². The molecular weight excluding hydrogens is 412 g/mol. The van der Waals surface area contributed by atoms with Crippen molar-refractivity contribution in [3.8, 4) is 17.1 Å². The van der Waals surface area contributed by atoms with Gasteiger partial charge in [0.05, 0.1) is 21.5 Å². The number of carbonyl (C=O) groups is 1. The Labute approximate surface area is 181 Å². The van der Waals surface area contributed by atoms with E-state index in [4.69, 9.17) is 0 Å². The molecule has 0 spiro atoms. The second-order valence-corrected chi connectivity index (χ2v) is 11.3. The van der Waals surface area contributed by atoms with E-state index in [9.17, 15) is 13.2 Å². The molecule has 160 valence electrons. The molecule has 4 rings (SSSR count). The summed E-state index contributed by atoms with van der Waals surface area (Å²) in [4.78, 5) is 20.9. The zero-order chi connectivity index (χ0) is 22.6. The van der Waals surface area contributed by atoms with Crippen molar-refractivity contribution in [3.05, 3.63) is 66.4 Å². The van der Waals surface area contributed by atoms with Crippen LogP contribution < -0.4 is 0 Å². The highest BCUT2D eigenvalue weighted by Crippen LogP contribution is 2.27. The molecule has 0 unspecified atom stereocenters. The Morgan fingerprint density at radius 1 is 1.03 bits per heavy atom. The maximum Gasteiger partial charge on any atom is 0.184 e. The standard InChI is InChI=1S/C23H24N4O3S/c1-15-6-7-17(16(2)28)10-19(15)20-13-26(14-25-20)22-11-24-21-9-8-18(12-27(21)22)31(29,30)23(3,4)5/h6-14H,1-5H3. The van der Waals surface area contributed by atoms with Gasteiger partial charge >= 0.3 is 0 Å². The van der Waals surface area contributed by atoms with Crippen LogP contribution in [0.1, 0.15) is 43.6 Å². The SMILES string of the molecule is CC(=O)c1ccc(C)c(-c2cn(-c3cnc4ccc(S(=O)(=O)C(C)(C)C)cn34)cn2)c1. The molecule has 0 aliphatic rings. The van der Waals surface area contributed by atoms with Crippen molar-refractivity contribution < 1.29 is 13.2 Å². The number of ketones is 1. The number of hydrogen-bond acceptors (Lipinski definition) is 5. The zero-order valence-electron chi connectivity index (χ0n) is 18.1. The number of fused-ring (bicyclic) bond motifs is 1. The van der Waals surface area contributed by atoms with Crippen LogP contribution in [0.3, 0.4) is 0 Å². The Balaban J connectivity index is 1.81. The molecule has 0 amide bonds. The van der Waals surface area contributed by atoms with Gasteiger partial charge in [0.25, 0.3) is 0 Å². The molecule has 8 heteroatoms. The molecule has 4 aromatic rings. The van der Waals surface area contributed by atoms with Crippen molar-refractivity contribution in [2.24, 2.45) is 0 Å². The molecule has 0 saturated heterocycles. The maximum atomic E-state index is 12.9. The Morgan fingerprint density at radius 2 is 1.77 bits per heavy atom. The van der Waals surface area contributed by atoms with Crippen molar-refractivity contribution in [2.75, 3.05) is 0 Å². The minimum absolute atomic E-state index is 0.00458. The third kappa shape index (κ3) is 3.57. The third-order valence-electron chi connectivity index (χ3n) is 5.34. The van der Waals surface area contributed by atoms with E-state index in [1.54, 1.807) is 66.7 Å². The number of pyridine rings is 1. The highest BCUT2D eigenvalue weighted by atomic mass is 32.2. The molecule has 0 bridgehead atoms. The Kier molecular flexibility index (Phi) is 4.85. The van der Waals surface area contributed by atoms with Crippen LogP contribution >= 0.6 is 0 Å². The lowest BCUT2D eigenvalue weighted by molar-refractivity contribution is 0.101. The molecule has 7 nitrogen and oxygen atoms in total. The second-order valence-electron chi connectivity index (χ2n) is 8.58. The van der Waals surface area contributed by atoms with Gasteiger partial charge in [0.1, 0.15) is 17.8 Å². The summed E-state index contributed by atoms with van der Waals surface area (Å²) in [6.45, 7) is 8.55. The van der Waals surface area contributed by atoms with Gasteiger partial charge in [-0.15, -0.1) is 0 Å². The summed E-state index contributed by atoms with van der Waals surface area (Å²) >= 11 is 0. The van der Waals surface area contributed by atoms with Crippen LogP contribution in [0.25, 0.3) is 22.7 Å². The molecule has 1 aromatic carbocycles. The first-order valence-electron chi connectivity index (χ1n) is 9.87. The lowest BCUT2D eigenvalue weighted by atomic mass is 10.0. The monoisotopic (exact) mass is 436 g/mol. The van der Waals surface area contributed by atoms with Gasteiger partial charge in [-0.1, -0.05) is 12.1 Å². The van der Waals surface area contributed by atoms with Gasteiger partial charge in [-0.05, 0) is 58.4 Å². The fourth-order valence-electron chi connectivity index (χ4n) is 3.36. The summed E-state index contributed by atoms with van der Waals surface area (Å²) < 4.78 is 28.4. The second kappa shape index (κ2) is 7.16. The normalized spacial score (nSPS) is 12.4. The van der Waals surface area contributed by atoms with Crippen LogP contribution in [0.4, 0.5) is 0 Å². The predicted octanol–water partition coefficient (Wildman–Crippen LogP) is 4.27. The molecular formula is C23H24N4O3S. The maximum absolute atomic E-state index is 12.9. The quantitative estimate of drug-likeness (QED) is 0.446. The van der Waals surface area contributed by atoms with Crippen LogP contribution in [-0.2, 0) is 9.84 Å². The van der Waals surface area contributed by atoms with E-state index in [0.717, 1.165) is 11.1 Å². The summed E-state index contributed by atoms with van der Waals surface area (Å²) in [7, 11) is -3.51. The van der Waals surface area contributed by atoms with Gasteiger partial charge < -0.3 is 0 Å². The molecule has 31 heavy (non-hydrogen) atoms. The highest BCUT2D eigenvalue weighted by Gasteiger charge is 2.31. The van der Waals surface area contributed by atoms with Crippen molar-refractivity contribution in [1.82, 2.24) is 18.9 Å². The number of nitrogens with zero attached hydrogens (tertiary/aromatic N) is 4. The number of hydrogen-bond donors (Lipinski definition) is 0. The van der Waals surface area contributed by atoms with Gasteiger partial charge in [0, 0.05) is 23.5 Å². The molecule has 0 saturated carbocycles. The van der Waals surface area contributed by atoms with Crippen molar-refractivity contribution in [2.45, 2.75) is 44.3 Å². The molecule has 3 heterocycles. The van der Waals surface area contributed by atoms with Gasteiger partial charge in [-0.3, -0.25) is 13.8 Å². The number of benzene rings is 1. The fraction of sp³-hybridized carbons (Fsp3) is 0.261. The molecule has 0 fully saturated rings. The number of aromatic nitrogens is 4. The Morgan fingerprint density at radius 3 is 2.45 bits per heavy atom. The number of carbonyl (C=O) groups excluding carboxylic acids is 1. The van der Waals surface area contributed by atoms with Gasteiger partial charge in [-0.2, -0.15) is 0 Å². The van der Waals surface area contributed by atoms with E-state index in [1.807, 2.05) is 25.3 Å². The van der Waals surface area contributed by atoms with Crippen LogP contribution in [0.5, 0.6) is 0 Å². The largest absolute Gasteiger partial charge is 0.295 e. The van der Waals surface area contributed by atoms with Crippen LogP contribution in [0.2, 0.25) is 0 Å². The van der Waals surface area contributed by atoms with Crippen molar-refractivity contribution in [3.63, 3.8) is 0 Å². The topological polar surface area (TPSA) is 86.3 Å². The third-order valence-corrected chi connectivity index (χ3v) is 7.82. The molecule has 0 aliphatic carbocycles. The first-order valence-corrected chi connectivity index (χ1v) is 11.4. The Bertz CT molecular complexity index is 1420. The number of imidazole rings is 2. The Hall–Kier alpha value is -3.26.